The van der Waals surface area contributed by atoms with Gasteiger partial charge in [0.25, 0.3) is 0 Å². The molecular formula is C10H13NO3S. The number of hydrogen-bond donors (Lipinski definition) is 0. The maximum Gasteiger partial charge on any atom is 0.214 e. The van der Waals surface area contributed by atoms with Gasteiger partial charge in [-0.05, 0) is 17.6 Å². The summed E-state index contributed by atoms with van der Waals surface area (Å²) in [6.45, 7) is 1.15. The molecule has 1 saturated heterocycles. The maximum absolute atomic E-state index is 12.2. The molecule has 0 spiro atoms. The predicted octanol–water partition coefficient (Wildman–Crippen LogP) is 1.52. The Labute approximate surface area is 92.4 Å². The number of aromatic nitrogens is 1. The summed E-state index contributed by atoms with van der Waals surface area (Å²) in [5.41, 5.74) is -0.212. The summed E-state index contributed by atoms with van der Waals surface area (Å²) in [6, 6.07) is 1.74. The average molecular weight is 227 g/mol. The second-order valence-electron chi connectivity index (χ2n) is 3.52. The largest absolute Gasteiger partial charge is 0.381 e. The van der Waals surface area contributed by atoms with Crippen LogP contribution in [0.4, 0.5) is 0 Å². The molecule has 0 N–H and O–H groups in total. The van der Waals surface area contributed by atoms with Crippen LogP contribution in [-0.4, -0.2) is 36.1 Å². The highest BCUT2D eigenvalue weighted by molar-refractivity contribution is 7.03. The zero-order valence-corrected chi connectivity index (χ0v) is 9.38. The lowest BCUT2D eigenvalue weighted by atomic mass is 9.88. The first-order valence-corrected chi connectivity index (χ1v) is 5.70. The molecule has 1 fully saturated rings. The van der Waals surface area contributed by atoms with E-state index in [2.05, 4.69) is 4.37 Å². The molecule has 5 heteroatoms. The van der Waals surface area contributed by atoms with Gasteiger partial charge >= 0.3 is 0 Å². The number of carbonyl (C=O) groups excluding carboxylic acids is 1. The smallest absolute Gasteiger partial charge is 0.214 e. The summed E-state index contributed by atoms with van der Waals surface area (Å²) in [5.74, 6) is -0.0189. The van der Waals surface area contributed by atoms with Crippen molar-refractivity contribution < 1.29 is 14.3 Å². The number of rotatable bonds is 3. The van der Waals surface area contributed by atoms with Crippen LogP contribution in [0.5, 0.6) is 0 Å². The van der Waals surface area contributed by atoms with Crippen molar-refractivity contribution in [2.24, 2.45) is 0 Å². The first-order chi connectivity index (χ1) is 7.28. The number of Topliss-reactive ketones (excluding diaryl/α,β-unsaturated/α-hetero) is 1. The Kier molecular flexibility index (Phi) is 3.14. The van der Waals surface area contributed by atoms with Crippen LogP contribution in [0.25, 0.3) is 0 Å². The monoisotopic (exact) mass is 227 g/mol. The zero-order chi connectivity index (χ0) is 10.7. The van der Waals surface area contributed by atoms with Gasteiger partial charge < -0.3 is 9.47 Å². The highest BCUT2D eigenvalue weighted by Crippen LogP contribution is 2.28. The van der Waals surface area contributed by atoms with Crippen LogP contribution in [0.3, 0.4) is 0 Å². The molecule has 2 rings (SSSR count). The number of methoxy groups -OCH3 is 1. The number of ether oxygens (including phenoxy) is 2. The fraction of sp³-hybridized carbons (Fsp3) is 0.600. The van der Waals surface area contributed by atoms with Gasteiger partial charge in [-0.2, -0.15) is 4.37 Å². The van der Waals surface area contributed by atoms with Crippen molar-refractivity contribution in [3.05, 3.63) is 17.1 Å². The van der Waals surface area contributed by atoms with E-state index in [9.17, 15) is 4.79 Å². The minimum absolute atomic E-state index is 0.0189. The maximum atomic E-state index is 12.2. The molecule has 1 aromatic rings. The van der Waals surface area contributed by atoms with Gasteiger partial charge in [0.15, 0.2) is 0 Å². The summed E-state index contributed by atoms with van der Waals surface area (Å²) >= 11 is 1.28. The van der Waals surface area contributed by atoms with E-state index in [1.54, 1.807) is 18.6 Å². The molecular weight excluding hydrogens is 214 g/mol. The van der Waals surface area contributed by atoms with Crippen LogP contribution in [0, 0.1) is 0 Å². The minimum atomic E-state index is -0.716. The van der Waals surface area contributed by atoms with Gasteiger partial charge in [-0.3, -0.25) is 4.79 Å². The third-order valence-corrected chi connectivity index (χ3v) is 3.34. The van der Waals surface area contributed by atoms with Gasteiger partial charge in [0.2, 0.25) is 5.78 Å². The molecule has 2 heterocycles. The van der Waals surface area contributed by atoms with Crippen molar-refractivity contribution in [3.8, 4) is 0 Å². The van der Waals surface area contributed by atoms with Crippen molar-refractivity contribution in [1.82, 2.24) is 4.37 Å². The van der Waals surface area contributed by atoms with E-state index in [0.29, 0.717) is 31.7 Å². The Morgan fingerprint density at radius 3 is 2.87 bits per heavy atom. The van der Waals surface area contributed by atoms with Crippen molar-refractivity contribution in [3.63, 3.8) is 0 Å². The Balaban J connectivity index is 2.22. The lowest BCUT2D eigenvalue weighted by molar-refractivity contribution is -0.0664. The standard InChI is InChI=1S/C10H13NO3S/c1-13-10(3-5-14-6-4-10)9(12)8-2-7-15-11-8/h2,7H,3-6H2,1H3. The fourth-order valence-corrected chi connectivity index (χ4v) is 2.30. The molecule has 1 aliphatic heterocycles. The Morgan fingerprint density at radius 2 is 2.33 bits per heavy atom. The second-order valence-corrected chi connectivity index (χ2v) is 4.19. The van der Waals surface area contributed by atoms with Crippen molar-refractivity contribution in [2.45, 2.75) is 18.4 Å². The average Bonchev–Trinajstić information content (AvgIpc) is 2.82. The molecule has 0 amide bonds. The van der Waals surface area contributed by atoms with Gasteiger partial charge in [-0.15, -0.1) is 0 Å². The molecule has 0 radical (unpaired) electrons. The molecule has 0 bridgehead atoms. The van der Waals surface area contributed by atoms with Gasteiger partial charge in [0.1, 0.15) is 11.3 Å². The third kappa shape index (κ3) is 1.95. The lowest BCUT2D eigenvalue weighted by Crippen LogP contribution is -2.45. The number of nitrogens with zero attached hydrogens (tertiary/aromatic N) is 1. The van der Waals surface area contributed by atoms with Gasteiger partial charge in [-0.25, -0.2) is 0 Å². The quantitative estimate of drug-likeness (QED) is 0.735. The van der Waals surface area contributed by atoms with E-state index < -0.39 is 5.60 Å². The van der Waals surface area contributed by atoms with Crippen molar-refractivity contribution >= 4 is 17.3 Å². The molecule has 4 nitrogen and oxygen atoms in total. The highest BCUT2D eigenvalue weighted by Gasteiger charge is 2.41. The van der Waals surface area contributed by atoms with Gasteiger partial charge in [-0.1, -0.05) is 0 Å². The topological polar surface area (TPSA) is 48.4 Å². The Bertz CT molecular complexity index is 330. The highest BCUT2D eigenvalue weighted by atomic mass is 32.1. The minimum Gasteiger partial charge on any atom is -0.381 e. The summed E-state index contributed by atoms with van der Waals surface area (Å²) in [4.78, 5) is 12.2. The molecule has 15 heavy (non-hydrogen) atoms. The molecule has 82 valence electrons. The Hall–Kier alpha value is -0.780. The number of carbonyl (C=O) groups is 1. The van der Waals surface area contributed by atoms with Crippen LogP contribution < -0.4 is 0 Å². The number of hydrogen-bond acceptors (Lipinski definition) is 5. The van der Waals surface area contributed by atoms with Crippen molar-refractivity contribution in [1.29, 1.82) is 0 Å². The van der Waals surface area contributed by atoms with E-state index in [4.69, 9.17) is 9.47 Å². The van der Waals surface area contributed by atoms with E-state index >= 15 is 0 Å². The fourth-order valence-electron chi connectivity index (χ4n) is 1.79. The van der Waals surface area contributed by atoms with Crippen LogP contribution in [0.1, 0.15) is 23.3 Å². The van der Waals surface area contributed by atoms with E-state index in [1.807, 2.05) is 0 Å². The van der Waals surface area contributed by atoms with E-state index in [-0.39, 0.29) is 5.78 Å². The van der Waals surface area contributed by atoms with Crippen LogP contribution >= 0.6 is 11.5 Å². The van der Waals surface area contributed by atoms with Crippen LogP contribution in [0.15, 0.2) is 11.4 Å². The van der Waals surface area contributed by atoms with Crippen LogP contribution in [0.2, 0.25) is 0 Å². The summed E-state index contributed by atoms with van der Waals surface area (Å²) in [5, 5.41) is 1.80. The molecule has 0 saturated carbocycles. The molecule has 0 unspecified atom stereocenters. The molecule has 0 atom stereocenters. The van der Waals surface area contributed by atoms with E-state index in [1.165, 1.54) is 11.5 Å². The van der Waals surface area contributed by atoms with Crippen molar-refractivity contribution in [2.75, 3.05) is 20.3 Å². The normalized spacial score (nSPS) is 20.1. The summed E-state index contributed by atoms with van der Waals surface area (Å²) in [7, 11) is 1.58. The molecule has 0 aliphatic carbocycles. The SMILES string of the molecule is COC1(C(=O)c2ccsn2)CCOCC1. The summed E-state index contributed by atoms with van der Waals surface area (Å²) in [6.07, 6.45) is 1.22. The first-order valence-electron chi connectivity index (χ1n) is 4.86. The second kappa shape index (κ2) is 4.38. The predicted molar refractivity (Wildman–Crippen MR) is 56.2 cm³/mol. The van der Waals surface area contributed by atoms with Gasteiger partial charge in [0, 0.05) is 38.5 Å². The molecule has 0 aromatic carbocycles. The third-order valence-electron chi connectivity index (χ3n) is 2.78. The van der Waals surface area contributed by atoms with Gasteiger partial charge in [0.05, 0.1) is 0 Å². The Morgan fingerprint density at radius 1 is 1.60 bits per heavy atom. The summed E-state index contributed by atoms with van der Waals surface area (Å²) < 4.78 is 14.7. The number of ketones is 1. The van der Waals surface area contributed by atoms with E-state index in [0.717, 1.165) is 0 Å². The molecule has 1 aliphatic rings. The first kappa shape index (κ1) is 10.7. The lowest BCUT2D eigenvalue weighted by Gasteiger charge is -2.33. The van der Waals surface area contributed by atoms with Crippen LogP contribution in [-0.2, 0) is 9.47 Å². The zero-order valence-electron chi connectivity index (χ0n) is 8.56. The molecule has 1 aromatic heterocycles.